The Balaban J connectivity index is 2.34. The number of nitrogens with one attached hydrogen (secondary N) is 1. The van der Waals surface area contributed by atoms with Crippen molar-refractivity contribution in [3.63, 3.8) is 0 Å². The molecule has 0 aliphatic rings. The Labute approximate surface area is 124 Å². The van der Waals surface area contributed by atoms with Gasteiger partial charge in [0.15, 0.2) is 0 Å². The molecule has 0 fully saturated rings. The minimum atomic E-state index is -4.43. The third-order valence-corrected chi connectivity index (χ3v) is 3.62. The minimum absolute atomic E-state index is 0.0692. The van der Waals surface area contributed by atoms with Gasteiger partial charge in [0.25, 0.3) is 0 Å². The average Bonchev–Trinajstić information content (AvgIpc) is 2.77. The summed E-state index contributed by atoms with van der Waals surface area (Å²) in [5.74, 6) is 0. The second-order valence-electron chi connectivity index (χ2n) is 4.93. The molecular formula is C16H11ClF3N. The number of aromatic amines is 1. The second-order valence-corrected chi connectivity index (χ2v) is 5.37. The van der Waals surface area contributed by atoms with E-state index in [1.54, 1.807) is 49.4 Å². The number of H-pyrrole nitrogens is 1. The van der Waals surface area contributed by atoms with E-state index in [1.807, 2.05) is 0 Å². The largest absolute Gasteiger partial charge is 0.419 e. The summed E-state index contributed by atoms with van der Waals surface area (Å²) in [7, 11) is 0. The van der Waals surface area contributed by atoms with Gasteiger partial charge in [0.05, 0.1) is 11.3 Å². The molecule has 0 aliphatic carbocycles. The number of aryl methyl sites for hydroxylation is 1. The zero-order valence-corrected chi connectivity index (χ0v) is 11.8. The number of hydrogen-bond donors (Lipinski definition) is 1. The monoisotopic (exact) mass is 309 g/mol. The lowest BCUT2D eigenvalue weighted by Crippen LogP contribution is -2.06. The van der Waals surface area contributed by atoms with Crippen molar-refractivity contribution in [1.82, 2.24) is 4.98 Å². The van der Waals surface area contributed by atoms with Crippen LogP contribution in [0.25, 0.3) is 22.2 Å². The van der Waals surface area contributed by atoms with Crippen LogP contribution < -0.4 is 0 Å². The molecule has 3 rings (SSSR count). The summed E-state index contributed by atoms with van der Waals surface area (Å²) in [4.78, 5) is 2.87. The van der Waals surface area contributed by atoms with Crippen molar-refractivity contribution in [3.05, 3.63) is 58.6 Å². The fourth-order valence-corrected chi connectivity index (χ4v) is 2.56. The summed E-state index contributed by atoms with van der Waals surface area (Å²) in [6.45, 7) is 1.77. The summed E-state index contributed by atoms with van der Waals surface area (Å²) < 4.78 is 40.4. The van der Waals surface area contributed by atoms with E-state index >= 15 is 0 Å². The van der Waals surface area contributed by atoms with Crippen molar-refractivity contribution in [2.24, 2.45) is 0 Å². The third kappa shape index (κ3) is 2.51. The van der Waals surface area contributed by atoms with Crippen LogP contribution in [0.3, 0.4) is 0 Å². The molecule has 1 heterocycles. The molecule has 0 saturated heterocycles. The first-order chi connectivity index (χ1) is 9.86. The molecule has 1 N–H and O–H groups in total. The predicted molar refractivity (Wildman–Crippen MR) is 78.5 cm³/mol. The number of rotatable bonds is 1. The van der Waals surface area contributed by atoms with Crippen LogP contribution in [0, 0.1) is 6.92 Å². The van der Waals surface area contributed by atoms with Crippen LogP contribution in [0.4, 0.5) is 13.2 Å². The third-order valence-electron chi connectivity index (χ3n) is 3.37. The molecule has 3 aromatic rings. The molecule has 0 atom stereocenters. The molecular weight excluding hydrogens is 299 g/mol. The maximum atomic E-state index is 13.5. The normalized spacial score (nSPS) is 12.0. The molecule has 0 amide bonds. The number of fused-ring (bicyclic) bond motifs is 1. The summed E-state index contributed by atoms with van der Waals surface area (Å²) in [6, 6.07) is 11.3. The highest BCUT2D eigenvalue weighted by atomic mass is 35.5. The number of hydrogen-bond acceptors (Lipinski definition) is 0. The Hall–Kier alpha value is -1.94. The molecule has 0 bridgehead atoms. The molecule has 1 aromatic heterocycles. The van der Waals surface area contributed by atoms with Gasteiger partial charge in [-0.15, -0.1) is 0 Å². The molecule has 0 spiro atoms. The zero-order chi connectivity index (χ0) is 15.2. The second kappa shape index (κ2) is 4.81. The van der Waals surface area contributed by atoms with Crippen LogP contribution >= 0.6 is 11.6 Å². The number of alkyl halides is 3. The molecule has 1 nitrogen and oxygen atoms in total. The van der Waals surface area contributed by atoms with Gasteiger partial charge in [-0.05, 0) is 36.8 Å². The number of halogens is 4. The first kappa shape index (κ1) is 14.0. The maximum Gasteiger partial charge on any atom is 0.419 e. The van der Waals surface area contributed by atoms with Crippen molar-refractivity contribution in [3.8, 4) is 11.3 Å². The highest BCUT2D eigenvalue weighted by Crippen LogP contribution is 2.42. The summed E-state index contributed by atoms with van der Waals surface area (Å²) >= 11 is 5.80. The van der Waals surface area contributed by atoms with Crippen LogP contribution in [-0.2, 0) is 6.18 Å². The lowest BCUT2D eigenvalue weighted by molar-refractivity contribution is -0.135. The molecule has 2 aromatic carbocycles. The first-order valence-corrected chi connectivity index (χ1v) is 6.69. The lowest BCUT2D eigenvalue weighted by Gasteiger charge is -2.09. The van der Waals surface area contributed by atoms with Gasteiger partial charge in [-0.1, -0.05) is 35.4 Å². The standard InChI is InChI=1S/C16H11ClF3N/c1-9-2-7-13-12(8-9)14(16(18,19)20)15(21-13)10-3-5-11(17)6-4-10/h2-8,21H,1H3. The predicted octanol–water partition coefficient (Wildman–Crippen LogP) is 5.82. The molecule has 0 aliphatic heterocycles. The highest BCUT2D eigenvalue weighted by molar-refractivity contribution is 6.30. The van der Waals surface area contributed by atoms with Crippen molar-refractivity contribution in [2.75, 3.05) is 0 Å². The van der Waals surface area contributed by atoms with E-state index in [-0.39, 0.29) is 11.1 Å². The van der Waals surface area contributed by atoms with Crippen LogP contribution in [0.2, 0.25) is 5.02 Å². The van der Waals surface area contributed by atoms with Crippen molar-refractivity contribution in [2.45, 2.75) is 13.1 Å². The van der Waals surface area contributed by atoms with E-state index in [4.69, 9.17) is 11.6 Å². The lowest BCUT2D eigenvalue weighted by atomic mass is 10.0. The van der Waals surface area contributed by atoms with E-state index in [9.17, 15) is 13.2 Å². The SMILES string of the molecule is Cc1ccc2[nH]c(-c3ccc(Cl)cc3)c(C(F)(F)F)c2c1. The Bertz CT molecular complexity index is 801. The molecule has 0 radical (unpaired) electrons. The summed E-state index contributed by atoms with van der Waals surface area (Å²) in [6.07, 6.45) is -4.43. The van der Waals surface area contributed by atoms with Crippen LogP contribution in [-0.4, -0.2) is 4.98 Å². The fraction of sp³-hybridized carbons (Fsp3) is 0.125. The summed E-state index contributed by atoms with van der Waals surface area (Å²) in [5.41, 5.74) is 1.15. The molecule has 21 heavy (non-hydrogen) atoms. The Morgan fingerprint density at radius 1 is 1.00 bits per heavy atom. The van der Waals surface area contributed by atoms with Gasteiger partial charge in [0.2, 0.25) is 0 Å². The zero-order valence-electron chi connectivity index (χ0n) is 11.1. The van der Waals surface area contributed by atoms with Gasteiger partial charge in [0, 0.05) is 15.9 Å². The van der Waals surface area contributed by atoms with Gasteiger partial charge in [-0.25, -0.2) is 0 Å². The first-order valence-electron chi connectivity index (χ1n) is 6.32. The van der Waals surface area contributed by atoms with E-state index in [0.29, 0.717) is 16.1 Å². The molecule has 5 heteroatoms. The average molecular weight is 310 g/mol. The Morgan fingerprint density at radius 3 is 2.29 bits per heavy atom. The molecule has 108 valence electrons. The van der Waals surface area contributed by atoms with E-state index in [2.05, 4.69) is 4.98 Å². The fourth-order valence-electron chi connectivity index (χ4n) is 2.43. The van der Waals surface area contributed by atoms with Gasteiger partial charge in [-0.3, -0.25) is 0 Å². The highest BCUT2D eigenvalue weighted by Gasteiger charge is 2.37. The molecule has 0 saturated carbocycles. The number of benzene rings is 2. The van der Waals surface area contributed by atoms with Crippen LogP contribution in [0.15, 0.2) is 42.5 Å². The van der Waals surface area contributed by atoms with E-state index < -0.39 is 11.7 Å². The molecule has 0 unspecified atom stereocenters. The van der Waals surface area contributed by atoms with Crippen molar-refractivity contribution >= 4 is 22.5 Å². The topological polar surface area (TPSA) is 15.8 Å². The number of aromatic nitrogens is 1. The Morgan fingerprint density at radius 2 is 1.67 bits per heavy atom. The van der Waals surface area contributed by atoms with E-state index in [0.717, 1.165) is 5.56 Å². The van der Waals surface area contributed by atoms with Crippen LogP contribution in [0.5, 0.6) is 0 Å². The van der Waals surface area contributed by atoms with Crippen LogP contribution in [0.1, 0.15) is 11.1 Å². The van der Waals surface area contributed by atoms with E-state index in [1.165, 1.54) is 0 Å². The van der Waals surface area contributed by atoms with Gasteiger partial charge in [0.1, 0.15) is 0 Å². The Kier molecular flexibility index (Phi) is 3.21. The quantitative estimate of drug-likeness (QED) is 0.583. The van der Waals surface area contributed by atoms with Gasteiger partial charge >= 0.3 is 6.18 Å². The van der Waals surface area contributed by atoms with Gasteiger partial charge < -0.3 is 4.98 Å². The smallest absolute Gasteiger partial charge is 0.354 e. The summed E-state index contributed by atoms with van der Waals surface area (Å²) in [5, 5.41) is 0.673. The van der Waals surface area contributed by atoms with Crippen molar-refractivity contribution in [1.29, 1.82) is 0 Å². The van der Waals surface area contributed by atoms with Crippen molar-refractivity contribution < 1.29 is 13.2 Å². The maximum absolute atomic E-state index is 13.5. The van der Waals surface area contributed by atoms with Gasteiger partial charge in [-0.2, -0.15) is 13.2 Å². The minimum Gasteiger partial charge on any atom is -0.354 e.